The van der Waals surface area contributed by atoms with Gasteiger partial charge in [0.05, 0.1) is 18.5 Å². The number of nitrogens with zero attached hydrogens (tertiary/aromatic N) is 2. The van der Waals surface area contributed by atoms with E-state index in [9.17, 15) is 14.9 Å². The predicted molar refractivity (Wildman–Crippen MR) is 80.0 cm³/mol. The summed E-state index contributed by atoms with van der Waals surface area (Å²) >= 11 is 0. The summed E-state index contributed by atoms with van der Waals surface area (Å²) in [6, 6.07) is 2.39. The first-order valence-corrected chi connectivity index (χ1v) is 7.45. The van der Waals surface area contributed by atoms with Crippen molar-refractivity contribution in [2.75, 3.05) is 13.1 Å². The molecule has 118 valence electrons. The Hall–Kier alpha value is -1.61. The maximum atomic E-state index is 12.2. The van der Waals surface area contributed by atoms with Gasteiger partial charge >= 0.3 is 0 Å². The van der Waals surface area contributed by atoms with Crippen LogP contribution in [0.4, 0.5) is 0 Å². The van der Waals surface area contributed by atoms with Crippen LogP contribution in [0.15, 0.2) is 0 Å². The van der Waals surface area contributed by atoms with E-state index in [4.69, 9.17) is 5.73 Å². The minimum Gasteiger partial charge on any atom is -0.369 e. The molecule has 1 saturated heterocycles. The molecule has 1 aliphatic heterocycles. The van der Waals surface area contributed by atoms with E-state index in [0.717, 1.165) is 12.8 Å². The first-order chi connectivity index (χ1) is 9.69. The third kappa shape index (κ3) is 4.43. The van der Waals surface area contributed by atoms with Crippen molar-refractivity contribution in [3.05, 3.63) is 0 Å². The second-order valence-electron chi connectivity index (χ2n) is 6.47. The van der Waals surface area contributed by atoms with Crippen molar-refractivity contribution in [3.8, 4) is 6.07 Å². The van der Waals surface area contributed by atoms with Gasteiger partial charge in [0.1, 0.15) is 5.54 Å². The number of hydrogen-bond donors (Lipinski definition) is 2. The molecule has 0 radical (unpaired) electrons. The van der Waals surface area contributed by atoms with E-state index in [1.165, 1.54) is 0 Å². The lowest BCUT2D eigenvalue weighted by molar-refractivity contribution is -0.128. The maximum Gasteiger partial charge on any atom is 0.235 e. The molecule has 6 heteroatoms. The summed E-state index contributed by atoms with van der Waals surface area (Å²) in [5, 5.41) is 12.0. The smallest absolute Gasteiger partial charge is 0.235 e. The number of hydrogen-bond acceptors (Lipinski definition) is 4. The molecule has 6 nitrogen and oxygen atoms in total. The maximum absolute atomic E-state index is 12.2. The van der Waals surface area contributed by atoms with Gasteiger partial charge in [0.15, 0.2) is 0 Å². The Balaban J connectivity index is 2.65. The van der Waals surface area contributed by atoms with Crippen LogP contribution in [-0.4, -0.2) is 41.4 Å². The van der Waals surface area contributed by atoms with Crippen LogP contribution in [0.5, 0.6) is 0 Å². The molecular formula is C15H26N4O2. The fourth-order valence-corrected chi connectivity index (χ4v) is 2.45. The van der Waals surface area contributed by atoms with Crippen LogP contribution in [0.2, 0.25) is 0 Å². The number of nitrogens with two attached hydrogens (primary N) is 1. The van der Waals surface area contributed by atoms with Crippen molar-refractivity contribution in [1.82, 2.24) is 10.2 Å². The van der Waals surface area contributed by atoms with Gasteiger partial charge in [-0.05, 0) is 32.6 Å². The fraction of sp³-hybridized carbons (Fsp3) is 0.800. The van der Waals surface area contributed by atoms with Gasteiger partial charge in [-0.3, -0.25) is 14.5 Å². The summed E-state index contributed by atoms with van der Waals surface area (Å²) in [7, 11) is 0. The minimum atomic E-state index is -0.876. The van der Waals surface area contributed by atoms with Crippen LogP contribution in [0.3, 0.4) is 0 Å². The molecule has 3 atom stereocenters. The van der Waals surface area contributed by atoms with Crippen LogP contribution in [0, 0.1) is 23.2 Å². The van der Waals surface area contributed by atoms with Crippen molar-refractivity contribution in [2.24, 2.45) is 17.6 Å². The largest absolute Gasteiger partial charge is 0.369 e. The molecule has 1 rings (SSSR count). The molecule has 0 spiro atoms. The first kappa shape index (κ1) is 17.4. The lowest BCUT2D eigenvalue weighted by Crippen LogP contribution is -2.54. The summed E-state index contributed by atoms with van der Waals surface area (Å²) in [6.45, 7) is 8.26. The number of carbonyl (C=O) groups is 2. The molecule has 2 amide bonds. The average Bonchev–Trinajstić information content (AvgIpc) is 2.40. The van der Waals surface area contributed by atoms with Crippen LogP contribution in [-0.2, 0) is 9.59 Å². The van der Waals surface area contributed by atoms with Crippen LogP contribution < -0.4 is 11.1 Å². The fourth-order valence-electron chi connectivity index (χ4n) is 2.45. The highest BCUT2D eigenvalue weighted by atomic mass is 16.2. The Morgan fingerprint density at radius 3 is 2.57 bits per heavy atom. The SMILES string of the molecule is CC1CCC(C(N)=O)CN1CC(=O)NC(C)(C#N)C(C)C. The molecule has 0 aliphatic carbocycles. The summed E-state index contributed by atoms with van der Waals surface area (Å²) < 4.78 is 0. The van der Waals surface area contributed by atoms with Gasteiger partial charge in [0.25, 0.3) is 0 Å². The number of primary amides is 1. The molecule has 0 aromatic rings. The minimum absolute atomic E-state index is 0.0172. The lowest BCUT2D eigenvalue weighted by Gasteiger charge is -2.37. The molecule has 0 saturated carbocycles. The molecule has 0 aromatic heterocycles. The second kappa shape index (κ2) is 6.90. The lowest BCUT2D eigenvalue weighted by atomic mass is 9.90. The van der Waals surface area contributed by atoms with Gasteiger partial charge in [-0.15, -0.1) is 0 Å². The third-order valence-corrected chi connectivity index (χ3v) is 4.55. The first-order valence-electron chi connectivity index (χ1n) is 7.45. The van der Waals surface area contributed by atoms with Crippen LogP contribution in [0.1, 0.15) is 40.5 Å². The molecule has 21 heavy (non-hydrogen) atoms. The Morgan fingerprint density at radius 2 is 2.10 bits per heavy atom. The standard InChI is InChI=1S/C15H26N4O2/c1-10(2)15(4,9-16)18-13(20)8-19-7-12(14(17)21)6-5-11(19)3/h10-12H,5-8H2,1-4H3,(H2,17,21)(H,18,20). The predicted octanol–water partition coefficient (Wildman–Crippen LogP) is 0.627. The van der Waals surface area contributed by atoms with Gasteiger partial charge in [-0.2, -0.15) is 5.26 Å². The number of piperidine rings is 1. The van der Waals surface area contributed by atoms with Gasteiger partial charge in [-0.25, -0.2) is 0 Å². The van der Waals surface area contributed by atoms with Gasteiger partial charge in [-0.1, -0.05) is 13.8 Å². The zero-order valence-electron chi connectivity index (χ0n) is 13.3. The molecular weight excluding hydrogens is 268 g/mol. The van der Waals surface area contributed by atoms with Gasteiger partial charge in [0, 0.05) is 12.6 Å². The molecule has 1 fully saturated rings. The van der Waals surface area contributed by atoms with E-state index in [0.29, 0.717) is 6.54 Å². The summed E-state index contributed by atoms with van der Waals surface area (Å²) in [5.74, 6) is -0.675. The van der Waals surface area contributed by atoms with E-state index < -0.39 is 5.54 Å². The van der Waals surface area contributed by atoms with Crippen molar-refractivity contribution in [3.63, 3.8) is 0 Å². The Labute approximate surface area is 126 Å². The van der Waals surface area contributed by atoms with E-state index >= 15 is 0 Å². The highest BCUT2D eigenvalue weighted by Crippen LogP contribution is 2.21. The van der Waals surface area contributed by atoms with Gasteiger partial charge in [0.2, 0.25) is 11.8 Å². The highest BCUT2D eigenvalue weighted by molar-refractivity contribution is 5.80. The zero-order valence-corrected chi connectivity index (χ0v) is 13.3. The Bertz CT molecular complexity index is 443. The number of likely N-dealkylation sites (tertiary alicyclic amines) is 1. The normalized spacial score (nSPS) is 25.9. The van der Waals surface area contributed by atoms with Gasteiger partial charge < -0.3 is 11.1 Å². The molecule has 1 heterocycles. The van der Waals surface area contributed by atoms with Crippen molar-refractivity contribution >= 4 is 11.8 Å². The van der Waals surface area contributed by atoms with E-state index in [2.05, 4.69) is 11.4 Å². The van der Waals surface area contributed by atoms with Crippen molar-refractivity contribution in [1.29, 1.82) is 5.26 Å². The van der Waals surface area contributed by atoms with E-state index in [1.54, 1.807) is 6.92 Å². The number of nitrogens with one attached hydrogen (secondary N) is 1. The van der Waals surface area contributed by atoms with Crippen LogP contribution in [0.25, 0.3) is 0 Å². The summed E-state index contributed by atoms with van der Waals surface area (Å²) in [4.78, 5) is 25.5. The number of nitriles is 1. The second-order valence-corrected chi connectivity index (χ2v) is 6.47. The average molecular weight is 294 g/mol. The van der Waals surface area contributed by atoms with Crippen LogP contribution >= 0.6 is 0 Å². The summed E-state index contributed by atoms with van der Waals surface area (Å²) in [6.07, 6.45) is 1.62. The quantitative estimate of drug-likeness (QED) is 0.776. The van der Waals surface area contributed by atoms with Crippen molar-refractivity contribution in [2.45, 2.75) is 52.1 Å². The highest BCUT2D eigenvalue weighted by Gasteiger charge is 2.33. The Kier molecular flexibility index (Phi) is 5.73. The molecule has 3 unspecified atom stereocenters. The molecule has 0 bridgehead atoms. The third-order valence-electron chi connectivity index (χ3n) is 4.55. The number of amides is 2. The van der Waals surface area contributed by atoms with E-state index in [-0.39, 0.29) is 36.2 Å². The zero-order chi connectivity index (χ0) is 16.2. The molecule has 3 N–H and O–H groups in total. The number of carbonyl (C=O) groups excluding carboxylic acids is 2. The molecule has 0 aromatic carbocycles. The Morgan fingerprint density at radius 1 is 1.48 bits per heavy atom. The summed E-state index contributed by atoms with van der Waals surface area (Å²) in [5.41, 5.74) is 4.48. The van der Waals surface area contributed by atoms with E-state index in [1.807, 2.05) is 25.7 Å². The number of rotatable bonds is 5. The van der Waals surface area contributed by atoms with Crippen molar-refractivity contribution < 1.29 is 9.59 Å². The topological polar surface area (TPSA) is 99.2 Å². The molecule has 1 aliphatic rings. The monoisotopic (exact) mass is 294 g/mol.